The molecule has 0 radical (unpaired) electrons. The molecule has 0 spiro atoms. The first kappa shape index (κ1) is 14.8. The van der Waals surface area contributed by atoms with Crippen molar-refractivity contribution in [3.63, 3.8) is 0 Å². The summed E-state index contributed by atoms with van der Waals surface area (Å²) in [6.07, 6.45) is 10.3. The van der Waals surface area contributed by atoms with E-state index in [0.29, 0.717) is 12.1 Å². The van der Waals surface area contributed by atoms with Gasteiger partial charge in [0.2, 0.25) is 0 Å². The molecule has 0 saturated heterocycles. The molecule has 1 aliphatic rings. The summed E-state index contributed by atoms with van der Waals surface area (Å²) >= 11 is 1.84. The smallest absolute Gasteiger partial charge is 0.185 e. The van der Waals surface area contributed by atoms with Crippen molar-refractivity contribution in [1.29, 1.82) is 0 Å². The summed E-state index contributed by atoms with van der Waals surface area (Å²) < 4.78 is 0. The van der Waals surface area contributed by atoms with E-state index < -0.39 is 0 Å². The Hall–Kier alpha value is -0.610. The van der Waals surface area contributed by atoms with Crippen LogP contribution in [-0.4, -0.2) is 24.1 Å². The van der Waals surface area contributed by atoms with Gasteiger partial charge in [-0.2, -0.15) is 0 Å². The zero-order chi connectivity index (χ0) is 13.7. The number of nitrogens with zero attached hydrogens (tertiary/aromatic N) is 2. The van der Waals surface area contributed by atoms with Crippen LogP contribution >= 0.6 is 11.3 Å². The van der Waals surface area contributed by atoms with Crippen molar-refractivity contribution in [3.8, 4) is 0 Å². The van der Waals surface area contributed by atoms with Crippen molar-refractivity contribution in [3.05, 3.63) is 11.1 Å². The maximum absolute atomic E-state index is 4.60. The summed E-state index contributed by atoms with van der Waals surface area (Å²) in [5.74, 6) is 0. The van der Waals surface area contributed by atoms with Crippen LogP contribution in [0.1, 0.15) is 57.2 Å². The molecule has 108 valence electrons. The van der Waals surface area contributed by atoms with Crippen LogP contribution in [-0.2, 0) is 6.54 Å². The molecule has 0 aromatic carbocycles. The largest absolute Gasteiger partial charge is 0.348 e. The summed E-state index contributed by atoms with van der Waals surface area (Å²) in [7, 11) is 2.22. The summed E-state index contributed by atoms with van der Waals surface area (Å²) in [5, 5.41) is 4.64. The standard InChI is InChI=1S/C15H27N3S/c1-12(2)16-10-14-11-17-15(19-14)18(3)13-8-6-4-5-7-9-13/h11-13,16H,4-10H2,1-3H3. The normalized spacial score (nSPS) is 17.7. The highest BCUT2D eigenvalue weighted by molar-refractivity contribution is 7.15. The first-order valence-corrected chi connectivity index (χ1v) is 8.39. The Bertz CT molecular complexity index is 367. The zero-order valence-electron chi connectivity index (χ0n) is 12.5. The molecule has 1 fully saturated rings. The van der Waals surface area contributed by atoms with Crippen LogP contribution in [0, 0.1) is 0 Å². The molecular weight excluding hydrogens is 254 g/mol. The van der Waals surface area contributed by atoms with Crippen LogP contribution in [0.4, 0.5) is 5.13 Å². The van der Waals surface area contributed by atoms with E-state index in [0.717, 1.165) is 6.54 Å². The SMILES string of the molecule is CC(C)NCc1cnc(N(C)C2CCCCCC2)s1. The number of thiazole rings is 1. The summed E-state index contributed by atoms with van der Waals surface area (Å²) in [6.45, 7) is 5.30. The predicted octanol–water partition coefficient (Wildman–Crippen LogP) is 3.80. The average molecular weight is 281 g/mol. The van der Waals surface area contributed by atoms with Crippen molar-refractivity contribution >= 4 is 16.5 Å². The van der Waals surface area contributed by atoms with Gasteiger partial charge in [-0.25, -0.2) is 4.98 Å². The fourth-order valence-corrected chi connectivity index (χ4v) is 3.54. The molecule has 1 heterocycles. The molecule has 19 heavy (non-hydrogen) atoms. The minimum atomic E-state index is 0.533. The Labute approximate surface area is 121 Å². The summed E-state index contributed by atoms with van der Waals surface area (Å²) in [5.41, 5.74) is 0. The van der Waals surface area contributed by atoms with E-state index in [1.807, 2.05) is 17.5 Å². The lowest BCUT2D eigenvalue weighted by Crippen LogP contribution is -2.30. The molecule has 0 bridgehead atoms. The minimum Gasteiger partial charge on any atom is -0.348 e. The molecule has 3 nitrogen and oxygen atoms in total. The lowest BCUT2D eigenvalue weighted by atomic mass is 10.1. The molecule has 1 aromatic heterocycles. The number of aromatic nitrogens is 1. The van der Waals surface area contributed by atoms with Gasteiger partial charge in [0, 0.05) is 36.8 Å². The lowest BCUT2D eigenvalue weighted by Gasteiger charge is -2.26. The van der Waals surface area contributed by atoms with Crippen LogP contribution in [0.2, 0.25) is 0 Å². The van der Waals surface area contributed by atoms with Gasteiger partial charge in [0.25, 0.3) is 0 Å². The molecule has 1 aromatic rings. The average Bonchev–Trinajstić information content (AvgIpc) is 2.69. The first-order chi connectivity index (χ1) is 9.16. The summed E-state index contributed by atoms with van der Waals surface area (Å²) in [4.78, 5) is 8.35. The number of hydrogen-bond acceptors (Lipinski definition) is 4. The number of nitrogens with one attached hydrogen (secondary N) is 1. The first-order valence-electron chi connectivity index (χ1n) is 7.57. The highest BCUT2D eigenvalue weighted by Crippen LogP contribution is 2.28. The van der Waals surface area contributed by atoms with Gasteiger partial charge >= 0.3 is 0 Å². The van der Waals surface area contributed by atoms with Gasteiger partial charge in [0.05, 0.1) is 0 Å². The van der Waals surface area contributed by atoms with Gasteiger partial charge in [-0.05, 0) is 12.8 Å². The van der Waals surface area contributed by atoms with E-state index in [1.165, 1.54) is 48.5 Å². The van der Waals surface area contributed by atoms with Gasteiger partial charge in [0.1, 0.15) is 0 Å². The fraction of sp³-hybridized carbons (Fsp3) is 0.800. The molecule has 4 heteroatoms. The second kappa shape index (κ2) is 7.25. The van der Waals surface area contributed by atoms with Gasteiger partial charge in [-0.3, -0.25) is 0 Å². The van der Waals surface area contributed by atoms with Gasteiger partial charge in [-0.15, -0.1) is 11.3 Å². The second-order valence-electron chi connectivity index (χ2n) is 5.90. The van der Waals surface area contributed by atoms with Crippen LogP contribution in [0.3, 0.4) is 0 Å². The molecule has 1 saturated carbocycles. The third kappa shape index (κ3) is 4.46. The van der Waals surface area contributed by atoms with Crippen LogP contribution in [0.15, 0.2) is 6.20 Å². The fourth-order valence-electron chi connectivity index (χ4n) is 2.65. The zero-order valence-corrected chi connectivity index (χ0v) is 13.3. The molecule has 2 rings (SSSR count). The third-order valence-electron chi connectivity index (χ3n) is 3.90. The second-order valence-corrected chi connectivity index (χ2v) is 6.99. The van der Waals surface area contributed by atoms with E-state index in [1.54, 1.807) is 0 Å². The predicted molar refractivity (Wildman–Crippen MR) is 84.0 cm³/mol. The minimum absolute atomic E-state index is 0.533. The Morgan fingerprint density at radius 3 is 2.63 bits per heavy atom. The molecule has 0 aliphatic heterocycles. The van der Waals surface area contributed by atoms with Gasteiger partial charge in [0.15, 0.2) is 5.13 Å². The number of hydrogen-bond donors (Lipinski definition) is 1. The Morgan fingerprint density at radius 1 is 1.32 bits per heavy atom. The maximum Gasteiger partial charge on any atom is 0.185 e. The highest BCUT2D eigenvalue weighted by Gasteiger charge is 2.19. The Morgan fingerprint density at radius 2 is 2.00 bits per heavy atom. The molecule has 1 aliphatic carbocycles. The topological polar surface area (TPSA) is 28.2 Å². The van der Waals surface area contributed by atoms with E-state index in [9.17, 15) is 0 Å². The molecule has 1 N–H and O–H groups in total. The molecular formula is C15H27N3S. The molecule has 0 amide bonds. The summed E-state index contributed by atoms with van der Waals surface area (Å²) in [6, 6.07) is 1.23. The van der Waals surface area contributed by atoms with Gasteiger partial charge in [-0.1, -0.05) is 39.5 Å². The van der Waals surface area contributed by atoms with Crippen molar-refractivity contribution < 1.29 is 0 Å². The van der Waals surface area contributed by atoms with Crippen LogP contribution in [0.25, 0.3) is 0 Å². The van der Waals surface area contributed by atoms with E-state index in [-0.39, 0.29) is 0 Å². The molecule has 0 atom stereocenters. The monoisotopic (exact) mass is 281 g/mol. The van der Waals surface area contributed by atoms with Crippen LogP contribution < -0.4 is 10.2 Å². The van der Waals surface area contributed by atoms with E-state index >= 15 is 0 Å². The van der Waals surface area contributed by atoms with E-state index in [2.05, 4.69) is 36.1 Å². The maximum atomic E-state index is 4.60. The van der Waals surface area contributed by atoms with E-state index in [4.69, 9.17) is 0 Å². The third-order valence-corrected chi connectivity index (χ3v) is 4.99. The number of anilines is 1. The molecule has 0 unspecified atom stereocenters. The van der Waals surface area contributed by atoms with Crippen molar-refractivity contribution in [2.24, 2.45) is 0 Å². The van der Waals surface area contributed by atoms with Crippen molar-refractivity contribution in [2.75, 3.05) is 11.9 Å². The van der Waals surface area contributed by atoms with Crippen molar-refractivity contribution in [1.82, 2.24) is 10.3 Å². The highest BCUT2D eigenvalue weighted by atomic mass is 32.1. The Balaban J connectivity index is 1.92. The van der Waals surface area contributed by atoms with Crippen LogP contribution in [0.5, 0.6) is 0 Å². The van der Waals surface area contributed by atoms with Gasteiger partial charge < -0.3 is 10.2 Å². The lowest BCUT2D eigenvalue weighted by molar-refractivity contribution is 0.552. The number of rotatable bonds is 5. The quantitative estimate of drug-likeness (QED) is 0.832. The van der Waals surface area contributed by atoms with Crippen molar-refractivity contribution in [2.45, 2.75) is 71.0 Å². The Kier molecular flexibility index (Phi) is 5.64.